The molecule has 0 N–H and O–H groups in total. The van der Waals surface area contributed by atoms with Crippen LogP contribution in [0.3, 0.4) is 0 Å². The average Bonchev–Trinajstić information content (AvgIpc) is 2.54. The van der Waals surface area contributed by atoms with E-state index in [4.69, 9.17) is 14.2 Å². The summed E-state index contributed by atoms with van der Waals surface area (Å²) in [5.74, 6) is 0.511. The first kappa shape index (κ1) is 15.1. The van der Waals surface area contributed by atoms with Crippen LogP contribution in [0.15, 0.2) is 42.5 Å². The molecule has 1 aliphatic heterocycles. The number of ether oxygens (including phenoxy) is 4. The van der Waals surface area contributed by atoms with Crippen LogP contribution in [0.1, 0.15) is 10.4 Å². The molecule has 0 spiro atoms. The molecule has 0 saturated carbocycles. The molecule has 0 bridgehead atoms. The highest BCUT2D eigenvalue weighted by atomic mass is 19.3. The Morgan fingerprint density at radius 3 is 2.57 bits per heavy atom. The maximum absolute atomic E-state index is 12.2. The summed E-state index contributed by atoms with van der Waals surface area (Å²) in [7, 11) is 0. The van der Waals surface area contributed by atoms with E-state index >= 15 is 0 Å². The normalized spacial score (nSPS) is 12.8. The lowest BCUT2D eigenvalue weighted by Gasteiger charge is -2.18. The minimum atomic E-state index is -2.96. The number of benzene rings is 2. The van der Waals surface area contributed by atoms with Crippen LogP contribution in [0.2, 0.25) is 0 Å². The summed E-state index contributed by atoms with van der Waals surface area (Å²) in [6.07, 6.45) is 0. The summed E-state index contributed by atoms with van der Waals surface area (Å²) >= 11 is 0. The summed E-state index contributed by atoms with van der Waals surface area (Å²) < 4.78 is 44.6. The number of hydrogen-bond donors (Lipinski definition) is 0. The second-order valence-electron chi connectivity index (χ2n) is 4.60. The molecular weight excluding hydrogens is 310 g/mol. The molecular formula is C16H12F2O5. The van der Waals surface area contributed by atoms with Gasteiger partial charge in [0.15, 0.2) is 11.5 Å². The fourth-order valence-electron chi connectivity index (χ4n) is 2.05. The van der Waals surface area contributed by atoms with Gasteiger partial charge in [0.2, 0.25) is 0 Å². The quantitative estimate of drug-likeness (QED) is 0.639. The maximum Gasteiger partial charge on any atom is 0.387 e. The average molecular weight is 322 g/mol. The molecule has 1 aliphatic rings. The zero-order valence-electron chi connectivity index (χ0n) is 11.8. The van der Waals surface area contributed by atoms with E-state index < -0.39 is 12.6 Å². The number of carbonyl (C=O) groups is 1. The first-order valence-electron chi connectivity index (χ1n) is 6.78. The van der Waals surface area contributed by atoms with Gasteiger partial charge < -0.3 is 18.9 Å². The van der Waals surface area contributed by atoms with Gasteiger partial charge in [-0.15, -0.1) is 0 Å². The number of alkyl halides is 2. The van der Waals surface area contributed by atoms with Crippen LogP contribution in [0.5, 0.6) is 23.0 Å². The Labute approximate surface area is 130 Å². The minimum absolute atomic E-state index is 0.0954. The molecule has 0 amide bonds. The van der Waals surface area contributed by atoms with Gasteiger partial charge >= 0.3 is 12.6 Å². The Kier molecular flexibility index (Phi) is 4.27. The minimum Gasteiger partial charge on any atom is -0.486 e. The summed E-state index contributed by atoms with van der Waals surface area (Å²) in [5, 5.41) is 0. The molecule has 3 rings (SSSR count). The van der Waals surface area contributed by atoms with Gasteiger partial charge in [-0.3, -0.25) is 0 Å². The molecule has 0 aromatic heterocycles. The molecule has 5 nitrogen and oxygen atoms in total. The highest BCUT2D eigenvalue weighted by Gasteiger charge is 2.15. The predicted octanol–water partition coefficient (Wildman–Crippen LogP) is 3.28. The van der Waals surface area contributed by atoms with E-state index in [9.17, 15) is 13.6 Å². The van der Waals surface area contributed by atoms with Crippen molar-refractivity contribution in [1.29, 1.82) is 0 Å². The first-order chi connectivity index (χ1) is 11.1. The van der Waals surface area contributed by atoms with Gasteiger partial charge in [-0.1, -0.05) is 6.07 Å². The Hall–Kier alpha value is -2.83. The van der Waals surface area contributed by atoms with Crippen LogP contribution in [-0.4, -0.2) is 25.8 Å². The monoisotopic (exact) mass is 322 g/mol. The van der Waals surface area contributed by atoms with Gasteiger partial charge in [-0.2, -0.15) is 8.78 Å². The highest BCUT2D eigenvalue weighted by molar-refractivity contribution is 5.91. The predicted molar refractivity (Wildman–Crippen MR) is 75.5 cm³/mol. The van der Waals surface area contributed by atoms with E-state index in [2.05, 4.69) is 4.74 Å². The van der Waals surface area contributed by atoms with Gasteiger partial charge in [0.05, 0.1) is 5.56 Å². The van der Waals surface area contributed by atoms with E-state index in [1.807, 2.05) is 0 Å². The van der Waals surface area contributed by atoms with Gasteiger partial charge in [0.1, 0.15) is 24.7 Å². The van der Waals surface area contributed by atoms with Crippen molar-refractivity contribution in [2.75, 3.05) is 13.2 Å². The molecule has 2 aromatic carbocycles. The second-order valence-corrected chi connectivity index (χ2v) is 4.60. The topological polar surface area (TPSA) is 54.0 Å². The largest absolute Gasteiger partial charge is 0.486 e. The lowest BCUT2D eigenvalue weighted by Crippen LogP contribution is -2.15. The van der Waals surface area contributed by atoms with E-state index in [0.29, 0.717) is 24.7 Å². The Morgan fingerprint density at radius 1 is 1.00 bits per heavy atom. The summed E-state index contributed by atoms with van der Waals surface area (Å²) in [5.41, 5.74) is 0.0954. The van der Waals surface area contributed by atoms with Crippen LogP contribution in [0.25, 0.3) is 0 Å². The highest BCUT2D eigenvalue weighted by Crippen LogP contribution is 2.33. The standard InChI is InChI=1S/C16H12F2O5/c17-16(18)23-11-3-1-2-10(8-11)15(19)22-12-4-5-13-14(9-12)21-7-6-20-13/h1-5,8-9,16H,6-7H2. The van der Waals surface area contributed by atoms with Gasteiger partial charge in [0, 0.05) is 6.07 Å². The number of halogens is 2. The molecule has 1 heterocycles. The number of carbonyl (C=O) groups excluding carboxylic acids is 1. The molecule has 2 aromatic rings. The van der Waals surface area contributed by atoms with E-state index in [0.717, 1.165) is 0 Å². The molecule has 7 heteroatoms. The third-order valence-corrected chi connectivity index (χ3v) is 3.02. The van der Waals surface area contributed by atoms with Gasteiger partial charge in [0.25, 0.3) is 0 Å². The molecule has 23 heavy (non-hydrogen) atoms. The van der Waals surface area contributed by atoms with Crippen molar-refractivity contribution in [3.8, 4) is 23.0 Å². The van der Waals surface area contributed by atoms with E-state index in [-0.39, 0.29) is 17.1 Å². The van der Waals surface area contributed by atoms with Gasteiger partial charge in [-0.25, -0.2) is 4.79 Å². The first-order valence-corrected chi connectivity index (χ1v) is 6.78. The SMILES string of the molecule is O=C(Oc1ccc2c(c1)OCCO2)c1cccc(OC(F)F)c1. The van der Waals surface area contributed by atoms with E-state index in [1.54, 1.807) is 12.1 Å². The third kappa shape index (κ3) is 3.68. The van der Waals surface area contributed by atoms with Crippen molar-refractivity contribution in [1.82, 2.24) is 0 Å². The lowest BCUT2D eigenvalue weighted by molar-refractivity contribution is -0.0499. The van der Waals surface area contributed by atoms with Crippen molar-refractivity contribution >= 4 is 5.97 Å². The molecule has 0 aliphatic carbocycles. The number of rotatable bonds is 4. The van der Waals surface area contributed by atoms with Crippen molar-refractivity contribution in [3.63, 3.8) is 0 Å². The fraction of sp³-hybridized carbons (Fsp3) is 0.188. The molecule has 120 valence electrons. The molecule has 0 unspecified atom stereocenters. The number of fused-ring (bicyclic) bond motifs is 1. The summed E-state index contributed by atoms with van der Waals surface area (Å²) in [4.78, 5) is 12.1. The Balaban J connectivity index is 1.74. The zero-order valence-corrected chi connectivity index (χ0v) is 11.8. The van der Waals surface area contributed by atoms with Crippen LogP contribution < -0.4 is 18.9 Å². The number of hydrogen-bond acceptors (Lipinski definition) is 5. The van der Waals surface area contributed by atoms with Crippen molar-refractivity contribution in [2.45, 2.75) is 6.61 Å². The van der Waals surface area contributed by atoms with Crippen LogP contribution >= 0.6 is 0 Å². The van der Waals surface area contributed by atoms with Gasteiger partial charge in [-0.05, 0) is 30.3 Å². The molecule has 0 radical (unpaired) electrons. The molecule has 0 fully saturated rings. The van der Waals surface area contributed by atoms with Crippen molar-refractivity contribution in [3.05, 3.63) is 48.0 Å². The van der Waals surface area contributed by atoms with Crippen molar-refractivity contribution in [2.24, 2.45) is 0 Å². The van der Waals surface area contributed by atoms with Crippen LogP contribution in [-0.2, 0) is 0 Å². The Morgan fingerprint density at radius 2 is 1.78 bits per heavy atom. The van der Waals surface area contributed by atoms with Crippen LogP contribution in [0.4, 0.5) is 8.78 Å². The van der Waals surface area contributed by atoms with Crippen molar-refractivity contribution < 1.29 is 32.5 Å². The van der Waals surface area contributed by atoms with Crippen LogP contribution in [0, 0.1) is 0 Å². The zero-order chi connectivity index (χ0) is 16.2. The van der Waals surface area contributed by atoms with E-state index in [1.165, 1.54) is 30.3 Å². The molecule has 0 atom stereocenters. The Bertz CT molecular complexity index is 717. The second kappa shape index (κ2) is 6.51. The fourth-order valence-corrected chi connectivity index (χ4v) is 2.05. The smallest absolute Gasteiger partial charge is 0.387 e. The molecule has 0 saturated heterocycles. The summed E-state index contributed by atoms with van der Waals surface area (Å²) in [6.45, 7) is -2.08. The number of esters is 1. The third-order valence-electron chi connectivity index (χ3n) is 3.02. The lowest BCUT2D eigenvalue weighted by atomic mass is 10.2. The maximum atomic E-state index is 12.2. The summed E-state index contributed by atoms with van der Waals surface area (Å²) in [6, 6.07) is 10.1.